The molecule has 2 atom stereocenters. The third-order valence-electron chi connectivity index (χ3n) is 2.96. The first-order valence-electron chi connectivity index (χ1n) is 6.52. The summed E-state index contributed by atoms with van der Waals surface area (Å²) in [6, 6.07) is 7.36. The molecule has 1 aromatic rings. The van der Waals surface area contributed by atoms with E-state index in [2.05, 4.69) is 0 Å². The maximum atomic E-state index is 11.8. The first kappa shape index (κ1) is 15.5. The van der Waals surface area contributed by atoms with Crippen molar-refractivity contribution in [2.24, 2.45) is 0 Å². The summed E-state index contributed by atoms with van der Waals surface area (Å²) < 4.78 is 10.1. The van der Waals surface area contributed by atoms with Crippen LogP contribution in [0.3, 0.4) is 0 Å². The number of esters is 1. The summed E-state index contributed by atoms with van der Waals surface area (Å²) in [6.07, 6.45) is -0.711. The minimum Gasteiger partial charge on any atom is -0.497 e. The zero-order valence-electron chi connectivity index (χ0n) is 11.9. The minimum absolute atomic E-state index is 0.226. The number of aliphatic hydroxyl groups excluding tert-OH is 1. The van der Waals surface area contributed by atoms with Gasteiger partial charge in [-0.05, 0) is 38.0 Å². The number of benzene rings is 1. The Morgan fingerprint density at radius 1 is 1.26 bits per heavy atom. The van der Waals surface area contributed by atoms with Gasteiger partial charge in [0.25, 0.3) is 0 Å². The van der Waals surface area contributed by atoms with Crippen LogP contribution in [0.2, 0.25) is 0 Å². The zero-order chi connectivity index (χ0) is 14.4. The zero-order valence-corrected chi connectivity index (χ0v) is 11.9. The van der Waals surface area contributed by atoms with E-state index < -0.39 is 12.1 Å². The normalized spacial score (nSPS) is 14.0. The monoisotopic (exact) mass is 266 g/mol. The average molecular weight is 266 g/mol. The standard InChI is InChI=1S/C15H22O4/c1-5-13(14(16)15(17)19-10(2)3)11-6-8-12(18-4)9-7-11/h6-10,13-14,16H,5H2,1-4H3. The molecular weight excluding hydrogens is 244 g/mol. The maximum Gasteiger partial charge on any atom is 0.335 e. The Kier molecular flexibility index (Phi) is 5.83. The SMILES string of the molecule is CCC(c1ccc(OC)cc1)C(O)C(=O)OC(C)C. The highest BCUT2D eigenvalue weighted by Crippen LogP contribution is 2.26. The quantitative estimate of drug-likeness (QED) is 0.804. The fraction of sp³-hybridized carbons (Fsp3) is 0.533. The fourth-order valence-corrected chi connectivity index (χ4v) is 1.96. The minimum atomic E-state index is -1.14. The molecule has 0 spiro atoms. The summed E-state index contributed by atoms with van der Waals surface area (Å²) in [6.45, 7) is 5.46. The van der Waals surface area contributed by atoms with E-state index in [0.29, 0.717) is 6.42 Å². The highest BCUT2D eigenvalue weighted by molar-refractivity contribution is 5.76. The summed E-state index contributed by atoms with van der Waals surface area (Å²) >= 11 is 0. The topological polar surface area (TPSA) is 55.8 Å². The molecule has 0 aromatic heterocycles. The molecule has 0 bridgehead atoms. The first-order chi connectivity index (χ1) is 8.99. The Morgan fingerprint density at radius 3 is 2.26 bits per heavy atom. The molecule has 19 heavy (non-hydrogen) atoms. The van der Waals surface area contributed by atoms with Crippen LogP contribution in [0.4, 0.5) is 0 Å². The number of carbonyl (C=O) groups is 1. The van der Waals surface area contributed by atoms with Crippen molar-refractivity contribution >= 4 is 5.97 Å². The van der Waals surface area contributed by atoms with Crippen molar-refractivity contribution in [1.29, 1.82) is 0 Å². The molecule has 1 N–H and O–H groups in total. The summed E-state index contributed by atoms with van der Waals surface area (Å²) in [4.78, 5) is 11.8. The first-order valence-corrected chi connectivity index (χ1v) is 6.52. The van der Waals surface area contributed by atoms with Crippen LogP contribution < -0.4 is 4.74 Å². The van der Waals surface area contributed by atoms with E-state index in [4.69, 9.17) is 9.47 Å². The lowest BCUT2D eigenvalue weighted by atomic mass is 9.91. The molecule has 4 nitrogen and oxygen atoms in total. The second-order valence-corrected chi connectivity index (χ2v) is 4.72. The van der Waals surface area contributed by atoms with Gasteiger partial charge in [-0.25, -0.2) is 4.79 Å². The van der Waals surface area contributed by atoms with E-state index in [1.165, 1.54) is 0 Å². The summed E-state index contributed by atoms with van der Waals surface area (Å²) in [5.41, 5.74) is 0.900. The molecule has 0 heterocycles. The number of carbonyl (C=O) groups excluding carboxylic acids is 1. The van der Waals surface area contributed by atoms with Crippen molar-refractivity contribution in [2.75, 3.05) is 7.11 Å². The third kappa shape index (κ3) is 4.24. The van der Waals surface area contributed by atoms with Gasteiger partial charge in [0, 0.05) is 5.92 Å². The van der Waals surface area contributed by atoms with E-state index in [-0.39, 0.29) is 12.0 Å². The largest absolute Gasteiger partial charge is 0.497 e. The Hall–Kier alpha value is -1.55. The van der Waals surface area contributed by atoms with Gasteiger partial charge in [-0.1, -0.05) is 19.1 Å². The van der Waals surface area contributed by atoms with Gasteiger partial charge in [0.1, 0.15) is 5.75 Å². The molecule has 0 fully saturated rings. The van der Waals surface area contributed by atoms with Crippen LogP contribution in [-0.4, -0.2) is 30.4 Å². The number of ether oxygens (including phenoxy) is 2. The average Bonchev–Trinajstić information content (AvgIpc) is 2.39. The van der Waals surface area contributed by atoms with E-state index in [9.17, 15) is 9.90 Å². The van der Waals surface area contributed by atoms with Crippen molar-refractivity contribution in [1.82, 2.24) is 0 Å². The predicted molar refractivity (Wildman–Crippen MR) is 73.3 cm³/mol. The van der Waals surface area contributed by atoms with Crippen LogP contribution in [0.15, 0.2) is 24.3 Å². The molecule has 1 aromatic carbocycles. The van der Waals surface area contributed by atoms with Crippen LogP contribution in [0, 0.1) is 0 Å². The number of aliphatic hydroxyl groups is 1. The van der Waals surface area contributed by atoms with Gasteiger partial charge in [0.15, 0.2) is 6.10 Å². The van der Waals surface area contributed by atoms with Crippen molar-refractivity contribution in [2.45, 2.75) is 45.3 Å². The Morgan fingerprint density at radius 2 is 1.84 bits per heavy atom. The fourth-order valence-electron chi connectivity index (χ4n) is 1.96. The third-order valence-corrected chi connectivity index (χ3v) is 2.96. The Balaban J connectivity index is 2.83. The van der Waals surface area contributed by atoms with Crippen LogP contribution >= 0.6 is 0 Å². The molecule has 0 aliphatic carbocycles. The van der Waals surface area contributed by atoms with Crippen molar-refractivity contribution in [3.8, 4) is 5.75 Å². The van der Waals surface area contributed by atoms with Crippen molar-refractivity contribution in [3.63, 3.8) is 0 Å². The number of methoxy groups -OCH3 is 1. The highest BCUT2D eigenvalue weighted by Gasteiger charge is 2.28. The van der Waals surface area contributed by atoms with E-state index in [0.717, 1.165) is 11.3 Å². The summed E-state index contributed by atoms with van der Waals surface area (Å²) in [5, 5.41) is 10.1. The lowest BCUT2D eigenvalue weighted by Gasteiger charge is -2.22. The molecule has 2 unspecified atom stereocenters. The van der Waals surface area contributed by atoms with Gasteiger partial charge in [0.2, 0.25) is 0 Å². The van der Waals surface area contributed by atoms with Crippen LogP contribution in [0.5, 0.6) is 5.75 Å². The van der Waals surface area contributed by atoms with Crippen molar-refractivity contribution < 1.29 is 19.4 Å². The second kappa shape index (κ2) is 7.14. The second-order valence-electron chi connectivity index (χ2n) is 4.72. The Bertz CT molecular complexity index is 397. The molecular formula is C15H22O4. The molecule has 0 radical (unpaired) electrons. The molecule has 0 aliphatic heterocycles. The van der Waals surface area contributed by atoms with Crippen molar-refractivity contribution in [3.05, 3.63) is 29.8 Å². The smallest absolute Gasteiger partial charge is 0.335 e. The van der Waals surface area contributed by atoms with E-state index in [1.807, 2.05) is 31.2 Å². The molecule has 0 amide bonds. The van der Waals surface area contributed by atoms with E-state index in [1.54, 1.807) is 21.0 Å². The van der Waals surface area contributed by atoms with Gasteiger partial charge in [-0.15, -0.1) is 0 Å². The van der Waals surface area contributed by atoms with Gasteiger partial charge < -0.3 is 14.6 Å². The molecule has 0 saturated heterocycles. The van der Waals surface area contributed by atoms with Gasteiger partial charge in [-0.3, -0.25) is 0 Å². The molecule has 0 saturated carbocycles. The molecule has 1 rings (SSSR count). The highest BCUT2D eigenvalue weighted by atomic mass is 16.6. The van der Waals surface area contributed by atoms with Crippen LogP contribution in [-0.2, 0) is 9.53 Å². The predicted octanol–water partition coefficient (Wildman–Crippen LogP) is 2.50. The van der Waals surface area contributed by atoms with Crippen LogP contribution in [0.1, 0.15) is 38.7 Å². The molecule has 106 valence electrons. The number of rotatable bonds is 6. The van der Waals surface area contributed by atoms with E-state index >= 15 is 0 Å². The van der Waals surface area contributed by atoms with Crippen LogP contribution in [0.25, 0.3) is 0 Å². The lowest BCUT2D eigenvalue weighted by Crippen LogP contribution is -2.31. The molecule has 0 aliphatic rings. The Labute approximate surface area is 114 Å². The number of hydrogen-bond donors (Lipinski definition) is 1. The maximum absolute atomic E-state index is 11.8. The summed E-state index contributed by atoms with van der Waals surface area (Å²) in [5.74, 6) is -0.0901. The van der Waals surface area contributed by atoms with Gasteiger partial charge in [0.05, 0.1) is 13.2 Å². The van der Waals surface area contributed by atoms with Gasteiger partial charge in [-0.2, -0.15) is 0 Å². The summed E-state index contributed by atoms with van der Waals surface area (Å²) in [7, 11) is 1.60. The lowest BCUT2D eigenvalue weighted by molar-refractivity contribution is -0.158. The molecule has 4 heteroatoms. The number of hydrogen-bond acceptors (Lipinski definition) is 4. The van der Waals surface area contributed by atoms with Gasteiger partial charge >= 0.3 is 5.97 Å².